The highest BCUT2D eigenvalue weighted by Gasteiger charge is 2.34. The Bertz CT molecular complexity index is 953. The number of benzene rings is 2. The number of halogens is 1. The summed E-state index contributed by atoms with van der Waals surface area (Å²) in [5.41, 5.74) is 3.25. The molecule has 0 spiro atoms. The molecule has 0 saturated carbocycles. The van der Waals surface area contributed by atoms with Gasteiger partial charge in [0.25, 0.3) is 11.8 Å². The van der Waals surface area contributed by atoms with Crippen LogP contribution < -0.4 is 10.4 Å². The van der Waals surface area contributed by atoms with Crippen molar-refractivity contribution < 1.29 is 24.2 Å². The van der Waals surface area contributed by atoms with Crippen LogP contribution in [0.1, 0.15) is 22.8 Å². The Morgan fingerprint density at radius 1 is 1.22 bits per heavy atom. The number of anilines is 1. The fraction of sp³-hybridized carbons (Fsp3) is 0.105. The second-order valence-electron chi connectivity index (χ2n) is 5.61. The fourth-order valence-corrected chi connectivity index (χ4v) is 2.68. The lowest BCUT2D eigenvalue weighted by Gasteiger charge is -2.14. The van der Waals surface area contributed by atoms with E-state index in [1.165, 1.54) is 48.5 Å². The van der Waals surface area contributed by atoms with Crippen molar-refractivity contribution in [3.05, 3.63) is 64.2 Å². The molecule has 7 nitrogen and oxygen atoms in total. The van der Waals surface area contributed by atoms with Crippen LogP contribution in [0.5, 0.6) is 5.75 Å². The van der Waals surface area contributed by atoms with Crippen molar-refractivity contribution in [2.24, 2.45) is 0 Å². The van der Waals surface area contributed by atoms with Crippen LogP contribution in [0.3, 0.4) is 0 Å². The first kappa shape index (κ1) is 18.5. The summed E-state index contributed by atoms with van der Waals surface area (Å²) in [4.78, 5) is 36.5. The van der Waals surface area contributed by atoms with Crippen molar-refractivity contribution in [2.45, 2.75) is 6.92 Å². The summed E-state index contributed by atoms with van der Waals surface area (Å²) in [6, 6.07) is 10.3. The summed E-state index contributed by atoms with van der Waals surface area (Å²) in [5, 5.41) is 11.3. The number of phenolic OH excluding ortho intramolecular Hbond substituents is 1. The number of ether oxygens (including phenoxy) is 1. The average molecular weight is 387 g/mol. The molecule has 3 rings (SSSR count). The highest BCUT2D eigenvalue weighted by atomic mass is 35.5. The molecule has 138 valence electrons. The van der Waals surface area contributed by atoms with Gasteiger partial charge in [-0.05, 0) is 55.5 Å². The molecular formula is C19H15ClN2O5. The number of carbonyl (C=O) groups is 3. The minimum atomic E-state index is -0.617. The molecule has 2 aromatic rings. The average Bonchev–Trinajstić information content (AvgIpc) is 2.93. The Morgan fingerprint density at radius 2 is 1.93 bits per heavy atom. The van der Waals surface area contributed by atoms with Crippen LogP contribution in [0.25, 0.3) is 6.08 Å². The largest absolute Gasteiger partial charge is 0.507 e. The van der Waals surface area contributed by atoms with E-state index in [-0.39, 0.29) is 23.5 Å². The zero-order chi connectivity index (χ0) is 19.6. The maximum absolute atomic E-state index is 12.6. The lowest BCUT2D eigenvalue weighted by molar-refractivity contribution is -0.117. The molecular weight excluding hydrogens is 372 g/mol. The zero-order valence-electron chi connectivity index (χ0n) is 14.2. The maximum Gasteiger partial charge on any atom is 0.338 e. The lowest BCUT2D eigenvalue weighted by atomic mass is 10.1. The minimum Gasteiger partial charge on any atom is -0.507 e. The molecule has 0 atom stereocenters. The van der Waals surface area contributed by atoms with Gasteiger partial charge in [-0.3, -0.25) is 15.0 Å². The van der Waals surface area contributed by atoms with E-state index in [9.17, 15) is 19.5 Å². The summed E-state index contributed by atoms with van der Waals surface area (Å²) >= 11 is 5.89. The fourth-order valence-electron chi connectivity index (χ4n) is 2.50. The van der Waals surface area contributed by atoms with Crippen LogP contribution in [0.4, 0.5) is 5.69 Å². The number of hydrogen-bond donors (Lipinski definition) is 2. The van der Waals surface area contributed by atoms with Gasteiger partial charge in [0, 0.05) is 10.6 Å². The van der Waals surface area contributed by atoms with Gasteiger partial charge in [0.2, 0.25) is 0 Å². The van der Waals surface area contributed by atoms with Crippen LogP contribution >= 0.6 is 11.6 Å². The van der Waals surface area contributed by atoms with Crippen LogP contribution in [0.2, 0.25) is 5.02 Å². The number of rotatable bonds is 4. The Morgan fingerprint density at radius 3 is 2.59 bits per heavy atom. The van der Waals surface area contributed by atoms with E-state index in [0.717, 1.165) is 5.01 Å². The summed E-state index contributed by atoms with van der Waals surface area (Å²) in [5.74, 6) is -1.79. The predicted octanol–water partition coefficient (Wildman–Crippen LogP) is 2.68. The number of aromatic hydroxyl groups is 1. The zero-order valence-corrected chi connectivity index (χ0v) is 15.0. The monoisotopic (exact) mass is 386 g/mol. The van der Waals surface area contributed by atoms with Gasteiger partial charge in [0.1, 0.15) is 11.3 Å². The first-order chi connectivity index (χ1) is 12.9. The number of carbonyl (C=O) groups excluding carboxylic acids is 3. The lowest BCUT2D eigenvalue weighted by Crippen LogP contribution is -2.35. The van der Waals surface area contributed by atoms with Gasteiger partial charge in [-0.1, -0.05) is 11.6 Å². The molecule has 2 N–H and O–H groups in total. The van der Waals surface area contributed by atoms with Crippen LogP contribution in [0, 0.1) is 0 Å². The van der Waals surface area contributed by atoms with Gasteiger partial charge in [0.05, 0.1) is 17.9 Å². The van der Waals surface area contributed by atoms with E-state index in [4.69, 9.17) is 16.3 Å². The second kappa shape index (κ2) is 7.51. The van der Waals surface area contributed by atoms with Crippen molar-refractivity contribution in [1.29, 1.82) is 0 Å². The van der Waals surface area contributed by atoms with Gasteiger partial charge in [-0.15, -0.1) is 0 Å². The van der Waals surface area contributed by atoms with Gasteiger partial charge in [0.15, 0.2) is 0 Å². The highest BCUT2D eigenvalue weighted by molar-refractivity contribution is 6.32. The second-order valence-corrected chi connectivity index (χ2v) is 6.05. The first-order valence-corrected chi connectivity index (χ1v) is 8.41. The van der Waals surface area contributed by atoms with Crippen molar-refractivity contribution in [1.82, 2.24) is 5.43 Å². The van der Waals surface area contributed by atoms with Gasteiger partial charge in [-0.25, -0.2) is 9.80 Å². The minimum absolute atomic E-state index is 0.107. The third-order valence-electron chi connectivity index (χ3n) is 3.82. The molecule has 0 unspecified atom stereocenters. The van der Waals surface area contributed by atoms with Gasteiger partial charge < -0.3 is 9.84 Å². The molecule has 8 heteroatoms. The van der Waals surface area contributed by atoms with Crippen LogP contribution in [0.15, 0.2) is 48.0 Å². The molecule has 0 radical (unpaired) electrons. The van der Waals surface area contributed by atoms with Crippen molar-refractivity contribution in [3.8, 4) is 5.75 Å². The third-order valence-corrected chi connectivity index (χ3v) is 4.05. The Kier molecular flexibility index (Phi) is 5.14. The summed E-state index contributed by atoms with van der Waals surface area (Å²) in [7, 11) is 0. The Balaban J connectivity index is 1.87. The van der Waals surface area contributed by atoms with E-state index >= 15 is 0 Å². The normalized spacial score (nSPS) is 15.2. The molecule has 1 aliphatic heterocycles. The molecule has 0 aliphatic carbocycles. The Hall–Kier alpha value is -3.32. The van der Waals surface area contributed by atoms with E-state index in [2.05, 4.69) is 5.43 Å². The molecule has 1 heterocycles. The number of phenols is 1. The molecule has 1 aliphatic rings. The number of amides is 2. The van der Waals surface area contributed by atoms with Crippen molar-refractivity contribution in [3.63, 3.8) is 0 Å². The van der Waals surface area contributed by atoms with Gasteiger partial charge >= 0.3 is 5.97 Å². The number of nitrogens with one attached hydrogen (secondary N) is 1. The maximum atomic E-state index is 12.6. The summed E-state index contributed by atoms with van der Waals surface area (Å²) in [6.45, 7) is 1.96. The number of esters is 1. The van der Waals surface area contributed by atoms with Crippen molar-refractivity contribution >= 4 is 41.1 Å². The van der Waals surface area contributed by atoms with Crippen LogP contribution in [-0.4, -0.2) is 29.5 Å². The SMILES string of the molecule is CCOC(=O)c1ccc(N2NC(=O)/C(=C\c3cc(Cl)ccc3O)C2=O)cc1. The van der Waals surface area contributed by atoms with Crippen molar-refractivity contribution in [2.75, 3.05) is 11.6 Å². The third kappa shape index (κ3) is 3.78. The number of hydrogen-bond acceptors (Lipinski definition) is 5. The van der Waals surface area contributed by atoms with E-state index in [1.54, 1.807) is 6.92 Å². The number of hydrazine groups is 1. The topological polar surface area (TPSA) is 95.9 Å². The molecule has 0 bridgehead atoms. The quantitative estimate of drug-likeness (QED) is 0.478. The smallest absolute Gasteiger partial charge is 0.338 e. The molecule has 27 heavy (non-hydrogen) atoms. The van der Waals surface area contributed by atoms with E-state index in [1.807, 2.05) is 0 Å². The van der Waals surface area contributed by atoms with Crippen LogP contribution in [-0.2, 0) is 14.3 Å². The standard InChI is InChI=1S/C19H15ClN2O5/c1-2-27-19(26)11-3-6-14(7-4-11)22-18(25)15(17(24)21-22)10-12-9-13(20)5-8-16(12)23/h3-10,23H,2H2,1H3,(H,21,24)/b15-10+. The summed E-state index contributed by atoms with van der Waals surface area (Å²) in [6.07, 6.45) is 1.27. The first-order valence-electron chi connectivity index (χ1n) is 8.03. The molecule has 2 aromatic carbocycles. The van der Waals surface area contributed by atoms with E-state index < -0.39 is 17.8 Å². The van der Waals surface area contributed by atoms with E-state index in [0.29, 0.717) is 16.3 Å². The molecule has 1 saturated heterocycles. The molecule has 0 aromatic heterocycles. The Labute approximate surface area is 159 Å². The highest BCUT2D eigenvalue weighted by Crippen LogP contribution is 2.27. The molecule has 1 fully saturated rings. The van der Waals surface area contributed by atoms with Gasteiger partial charge in [-0.2, -0.15) is 0 Å². The summed E-state index contributed by atoms with van der Waals surface area (Å²) < 4.78 is 4.90. The predicted molar refractivity (Wildman–Crippen MR) is 99.1 cm³/mol. The number of nitrogens with zero attached hydrogens (tertiary/aromatic N) is 1. The molecule has 2 amide bonds.